The van der Waals surface area contributed by atoms with Gasteiger partial charge in [0, 0.05) is 5.75 Å². The van der Waals surface area contributed by atoms with Gasteiger partial charge in [0.05, 0.1) is 6.54 Å². The molecule has 0 spiro atoms. The highest BCUT2D eigenvalue weighted by Crippen LogP contribution is 2.27. The maximum atomic E-state index is 5.88. The fraction of sp³-hybridized carbons (Fsp3) is 0.188. The smallest absolute Gasteiger partial charge is 0.246 e. The van der Waals surface area contributed by atoms with Crippen LogP contribution in [0.5, 0.6) is 0 Å². The molecule has 2 nitrogen and oxygen atoms in total. The fourth-order valence-electron chi connectivity index (χ4n) is 1.99. The lowest BCUT2D eigenvalue weighted by molar-refractivity contribution is 0.236. The van der Waals surface area contributed by atoms with Gasteiger partial charge in [-0.25, -0.2) is 4.99 Å². The maximum absolute atomic E-state index is 5.88. The van der Waals surface area contributed by atoms with Crippen molar-refractivity contribution in [2.24, 2.45) is 4.99 Å². The minimum Gasteiger partial charge on any atom is -0.463 e. The van der Waals surface area contributed by atoms with Crippen molar-refractivity contribution in [3.63, 3.8) is 0 Å². The largest absolute Gasteiger partial charge is 0.463 e. The van der Waals surface area contributed by atoms with E-state index in [1.54, 1.807) is 11.8 Å². The summed E-state index contributed by atoms with van der Waals surface area (Å²) in [5.41, 5.74) is 2.49. The van der Waals surface area contributed by atoms with Crippen LogP contribution in [0.2, 0.25) is 0 Å². The van der Waals surface area contributed by atoms with Crippen LogP contribution in [-0.2, 0) is 10.5 Å². The van der Waals surface area contributed by atoms with Crippen molar-refractivity contribution >= 4 is 17.0 Å². The van der Waals surface area contributed by atoms with E-state index in [4.69, 9.17) is 4.74 Å². The van der Waals surface area contributed by atoms with Gasteiger partial charge in [-0.2, -0.15) is 0 Å². The zero-order chi connectivity index (χ0) is 12.9. The normalized spacial score (nSPS) is 17.9. The molecule has 0 amide bonds. The SMILES string of the molecule is c1ccc(CSC2=NC[C@@H](c3ccccc3)O2)cc1. The first-order valence-corrected chi connectivity index (χ1v) is 7.33. The highest BCUT2D eigenvalue weighted by Gasteiger charge is 2.21. The second-order valence-corrected chi connectivity index (χ2v) is 5.32. The van der Waals surface area contributed by atoms with E-state index >= 15 is 0 Å². The van der Waals surface area contributed by atoms with E-state index in [0.29, 0.717) is 0 Å². The number of hydrogen-bond donors (Lipinski definition) is 0. The third kappa shape index (κ3) is 3.18. The number of aliphatic imine (C=N–C) groups is 1. The molecule has 0 saturated carbocycles. The third-order valence-electron chi connectivity index (χ3n) is 3.01. The van der Waals surface area contributed by atoms with E-state index < -0.39 is 0 Å². The molecule has 1 aliphatic rings. The van der Waals surface area contributed by atoms with Crippen molar-refractivity contribution in [3.05, 3.63) is 71.8 Å². The van der Waals surface area contributed by atoms with Gasteiger partial charge in [-0.05, 0) is 11.1 Å². The quantitative estimate of drug-likeness (QED) is 0.838. The van der Waals surface area contributed by atoms with Crippen LogP contribution in [0.1, 0.15) is 17.2 Å². The molecule has 2 aromatic carbocycles. The van der Waals surface area contributed by atoms with Crippen molar-refractivity contribution in [3.8, 4) is 0 Å². The summed E-state index contributed by atoms with van der Waals surface area (Å²) in [6.45, 7) is 0.723. The van der Waals surface area contributed by atoms with Gasteiger partial charge in [-0.15, -0.1) is 0 Å². The average Bonchev–Trinajstić information content (AvgIpc) is 2.96. The van der Waals surface area contributed by atoms with Gasteiger partial charge in [-0.3, -0.25) is 0 Å². The van der Waals surface area contributed by atoms with Gasteiger partial charge >= 0.3 is 0 Å². The standard InChI is InChI=1S/C16H15NOS/c1-3-7-13(8-4-1)12-19-16-17-11-15(18-16)14-9-5-2-6-10-14/h1-10,15H,11-12H2/t15-/m0/s1. The second-order valence-electron chi connectivity index (χ2n) is 4.40. The highest BCUT2D eigenvalue weighted by molar-refractivity contribution is 8.12. The Morgan fingerprint density at radius 1 is 1.00 bits per heavy atom. The fourth-order valence-corrected chi connectivity index (χ4v) is 2.83. The van der Waals surface area contributed by atoms with E-state index in [1.807, 2.05) is 24.3 Å². The van der Waals surface area contributed by atoms with Gasteiger partial charge < -0.3 is 4.74 Å². The maximum Gasteiger partial charge on any atom is 0.246 e. The highest BCUT2D eigenvalue weighted by atomic mass is 32.2. The summed E-state index contributed by atoms with van der Waals surface area (Å²) < 4.78 is 5.88. The first kappa shape index (κ1) is 12.3. The Labute approximate surface area is 117 Å². The van der Waals surface area contributed by atoms with Crippen LogP contribution in [0.3, 0.4) is 0 Å². The summed E-state index contributed by atoms with van der Waals surface area (Å²) in [6, 6.07) is 20.7. The van der Waals surface area contributed by atoms with Gasteiger partial charge in [-0.1, -0.05) is 72.4 Å². The zero-order valence-corrected chi connectivity index (χ0v) is 11.3. The lowest BCUT2D eigenvalue weighted by Crippen LogP contribution is -2.02. The monoisotopic (exact) mass is 269 g/mol. The molecule has 1 atom stereocenters. The number of nitrogens with zero attached hydrogens (tertiary/aromatic N) is 1. The predicted molar refractivity (Wildman–Crippen MR) is 80.3 cm³/mol. The summed E-state index contributed by atoms with van der Waals surface area (Å²) in [7, 11) is 0. The number of benzene rings is 2. The number of thioether (sulfide) groups is 1. The van der Waals surface area contributed by atoms with E-state index in [-0.39, 0.29) is 6.10 Å². The van der Waals surface area contributed by atoms with Crippen LogP contribution in [0.25, 0.3) is 0 Å². The molecule has 3 rings (SSSR count). The zero-order valence-electron chi connectivity index (χ0n) is 10.5. The molecule has 0 saturated heterocycles. The first-order valence-electron chi connectivity index (χ1n) is 6.34. The molecule has 0 unspecified atom stereocenters. The topological polar surface area (TPSA) is 21.6 Å². The van der Waals surface area contributed by atoms with Crippen molar-refractivity contribution in [1.29, 1.82) is 0 Å². The Morgan fingerprint density at radius 3 is 2.42 bits per heavy atom. The van der Waals surface area contributed by atoms with E-state index in [9.17, 15) is 0 Å². The van der Waals surface area contributed by atoms with Crippen LogP contribution in [0, 0.1) is 0 Å². The minimum atomic E-state index is 0.0828. The Balaban J connectivity index is 1.55. The third-order valence-corrected chi connectivity index (χ3v) is 3.96. The van der Waals surface area contributed by atoms with Crippen LogP contribution >= 0.6 is 11.8 Å². The van der Waals surface area contributed by atoms with E-state index in [1.165, 1.54) is 11.1 Å². The van der Waals surface area contributed by atoms with E-state index in [2.05, 4.69) is 41.4 Å². The minimum absolute atomic E-state index is 0.0828. The van der Waals surface area contributed by atoms with E-state index in [0.717, 1.165) is 17.5 Å². The first-order chi connectivity index (χ1) is 9.42. The van der Waals surface area contributed by atoms with Crippen molar-refractivity contribution in [2.75, 3.05) is 6.54 Å². The molecule has 0 fully saturated rings. The van der Waals surface area contributed by atoms with Crippen molar-refractivity contribution in [1.82, 2.24) is 0 Å². The number of ether oxygens (including phenoxy) is 1. The Hall–Kier alpha value is -1.74. The van der Waals surface area contributed by atoms with Crippen LogP contribution in [-0.4, -0.2) is 11.8 Å². The molecular formula is C16H15NOS. The summed E-state index contributed by atoms with van der Waals surface area (Å²) >= 11 is 1.66. The number of rotatable bonds is 3. The molecule has 0 aliphatic carbocycles. The van der Waals surface area contributed by atoms with Crippen molar-refractivity contribution < 1.29 is 4.74 Å². The summed E-state index contributed by atoms with van der Waals surface area (Å²) in [6.07, 6.45) is 0.0828. The summed E-state index contributed by atoms with van der Waals surface area (Å²) in [5.74, 6) is 0.904. The average molecular weight is 269 g/mol. The summed E-state index contributed by atoms with van der Waals surface area (Å²) in [4.78, 5) is 4.47. The molecule has 0 bridgehead atoms. The lowest BCUT2D eigenvalue weighted by Gasteiger charge is -2.10. The van der Waals surface area contributed by atoms with Crippen molar-refractivity contribution in [2.45, 2.75) is 11.9 Å². The van der Waals surface area contributed by atoms with Gasteiger partial charge in [0.2, 0.25) is 5.23 Å². The van der Waals surface area contributed by atoms with Crippen LogP contribution < -0.4 is 0 Å². The van der Waals surface area contributed by atoms with Crippen LogP contribution in [0.4, 0.5) is 0 Å². The predicted octanol–water partition coefficient (Wildman–Crippen LogP) is 4.05. The Bertz CT molecular complexity index is 553. The molecule has 2 aromatic rings. The molecule has 1 heterocycles. The molecule has 0 N–H and O–H groups in total. The van der Waals surface area contributed by atoms with Gasteiger partial charge in [0.25, 0.3) is 0 Å². The lowest BCUT2D eigenvalue weighted by atomic mass is 10.1. The second kappa shape index (κ2) is 5.93. The molecule has 0 aromatic heterocycles. The number of hydrogen-bond acceptors (Lipinski definition) is 3. The summed E-state index contributed by atoms with van der Waals surface area (Å²) in [5, 5.41) is 0.803. The Kier molecular flexibility index (Phi) is 3.84. The molecule has 19 heavy (non-hydrogen) atoms. The molecule has 0 radical (unpaired) electrons. The molecular weight excluding hydrogens is 254 g/mol. The Morgan fingerprint density at radius 2 is 1.68 bits per heavy atom. The molecule has 3 heteroatoms. The van der Waals surface area contributed by atoms with Crippen LogP contribution in [0.15, 0.2) is 65.7 Å². The van der Waals surface area contributed by atoms with Gasteiger partial charge in [0.15, 0.2) is 0 Å². The molecule has 96 valence electrons. The molecule has 1 aliphatic heterocycles. The van der Waals surface area contributed by atoms with Gasteiger partial charge in [0.1, 0.15) is 6.10 Å².